The molecule has 1 aliphatic heterocycles. The Morgan fingerprint density at radius 3 is 2.62 bits per heavy atom. The van der Waals surface area contributed by atoms with Gasteiger partial charge in [0.2, 0.25) is 0 Å². The fraction of sp³-hybridized carbons (Fsp3) is 0.625. The molecule has 2 unspecified atom stereocenters. The molecular formula is C16H22BrNO2S. The Kier molecular flexibility index (Phi) is 4.71. The fourth-order valence-corrected chi connectivity index (χ4v) is 5.52. The predicted octanol–water partition coefficient (Wildman–Crippen LogP) is 2.79. The monoisotopic (exact) mass is 371 g/mol. The van der Waals surface area contributed by atoms with Crippen LogP contribution in [0.1, 0.15) is 24.8 Å². The summed E-state index contributed by atoms with van der Waals surface area (Å²) in [5.74, 6) is 1.44. The topological polar surface area (TPSA) is 46.2 Å². The second kappa shape index (κ2) is 6.39. The van der Waals surface area contributed by atoms with Crippen LogP contribution in [0.25, 0.3) is 0 Å². The minimum Gasteiger partial charge on any atom is -0.314 e. The largest absolute Gasteiger partial charge is 0.314 e. The van der Waals surface area contributed by atoms with Crippen LogP contribution < -0.4 is 5.32 Å². The van der Waals surface area contributed by atoms with Gasteiger partial charge in [-0.1, -0.05) is 34.1 Å². The van der Waals surface area contributed by atoms with E-state index in [1.807, 2.05) is 6.07 Å². The van der Waals surface area contributed by atoms with Crippen LogP contribution in [0.4, 0.5) is 0 Å². The van der Waals surface area contributed by atoms with Crippen molar-refractivity contribution in [1.82, 2.24) is 5.32 Å². The highest BCUT2D eigenvalue weighted by molar-refractivity contribution is 9.10. The lowest BCUT2D eigenvalue weighted by molar-refractivity contribution is 0.342. The molecule has 21 heavy (non-hydrogen) atoms. The van der Waals surface area contributed by atoms with E-state index in [1.54, 1.807) is 0 Å². The molecule has 2 fully saturated rings. The van der Waals surface area contributed by atoms with Crippen molar-refractivity contribution in [2.75, 3.05) is 18.1 Å². The van der Waals surface area contributed by atoms with Crippen molar-refractivity contribution in [3.05, 3.63) is 34.3 Å². The first-order valence-corrected chi connectivity index (χ1v) is 10.3. The van der Waals surface area contributed by atoms with Gasteiger partial charge in [-0.2, -0.15) is 0 Å². The molecule has 1 saturated carbocycles. The standard InChI is InChI=1S/C16H22BrNO2S/c17-16-4-2-1-3-12(16)9-14(10-18-15-5-6-15)13-7-8-21(19,20)11-13/h1-4,13-15,18H,5-11H2. The quantitative estimate of drug-likeness (QED) is 0.835. The summed E-state index contributed by atoms with van der Waals surface area (Å²) in [6, 6.07) is 8.94. The summed E-state index contributed by atoms with van der Waals surface area (Å²) < 4.78 is 24.7. The maximum Gasteiger partial charge on any atom is 0.150 e. The van der Waals surface area contributed by atoms with E-state index < -0.39 is 9.84 Å². The number of rotatable bonds is 6. The average molecular weight is 372 g/mol. The lowest BCUT2D eigenvalue weighted by atomic mass is 9.86. The molecular weight excluding hydrogens is 350 g/mol. The normalized spacial score (nSPS) is 25.9. The SMILES string of the molecule is O=S1(=O)CCC(C(CNC2CC2)Cc2ccccc2Br)C1. The highest BCUT2D eigenvalue weighted by atomic mass is 79.9. The van der Waals surface area contributed by atoms with E-state index in [4.69, 9.17) is 0 Å². The zero-order valence-electron chi connectivity index (χ0n) is 12.1. The van der Waals surface area contributed by atoms with Crippen LogP contribution in [0.15, 0.2) is 28.7 Å². The van der Waals surface area contributed by atoms with Gasteiger partial charge in [0, 0.05) is 10.5 Å². The Morgan fingerprint density at radius 1 is 1.24 bits per heavy atom. The molecule has 3 nitrogen and oxygen atoms in total. The third kappa shape index (κ3) is 4.30. The fourth-order valence-electron chi connectivity index (χ4n) is 3.15. The molecule has 0 spiro atoms. The maximum absolute atomic E-state index is 11.8. The third-order valence-electron chi connectivity index (χ3n) is 4.62. The average Bonchev–Trinajstić information content (AvgIpc) is 3.19. The molecule has 1 heterocycles. The molecule has 1 N–H and O–H groups in total. The molecule has 0 radical (unpaired) electrons. The summed E-state index contributed by atoms with van der Waals surface area (Å²) in [7, 11) is -2.81. The van der Waals surface area contributed by atoms with Crippen LogP contribution in [-0.4, -0.2) is 32.5 Å². The smallest absolute Gasteiger partial charge is 0.150 e. The first-order valence-electron chi connectivity index (χ1n) is 7.71. The second-order valence-electron chi connectivity index (χ2n) is 6.40. The van der Waals surface area contributed by atoms with Crippen molar-refractivity contribution in [3.8, 4) is 0 Å². The maximum atomic E-state index is 11.8. The minimum absolute atomic E-state index is 0.299. The molecule has 1 aliphatic carbocycles. The van der Waals surface area contributed by atoms with Crippen molar-refractivity contribution in [3.63, 3.8) is 0 Å². The summed E-state index contributed by atoms with van der Waals surface area (Å²) in [5.41, 5.74) is 1.28. The van der Waals surface area contributed by atoms with E-state index in [9.17, 15) is 8.42 Å². The summed E-state index contributed by atoms with van der Waals surface area (Å²) in [6.07, 6.45) is 4.31. The van der Waals surface area contributed by atoms with E-state index in [2.05, 4.69) is 39.4 Å². The molecule has 0 aromatic heterocycles. The van der Waals surface area contributed by atoms with E-state index >= 15 is 0 Å². The van der Waals surface area contributed by atoms with Crippen LogP contribution in [0.3, 0.4) is 0 Å². The molecule has 1 aromatic carbocycles. The van der Waals surface area contributed by atoms with Gasteiger partial charge in [0.25, 0.3) is 0 Å². The number of benzene rings is 1. The number of hydrogen-bond donors (Lipinski definition) is 1. The molecule has 0 amide bonds. The molecule has 2 atom stereocenters. The Balaban J connectivity index is 1.70. The van der Waals surface area contributed by atoms with Gasteiger partial charge in [0.15, 0.2) is 9.84 Å². The Hall–Kier alpha value is -0.390. The summed E-state index contributed by atoms with van der Waals surface area (Å²) >= 11 is 3.61. The van der Waals surface area contributed by atoms with Gasteiger partial charge < -0.3 is 5.32 Å². The molecule has 5 heteroatoms. The van der Waals surface area contributed by atoms with Crippen LogP contribution >= 0.6 is 15.9 Å². The van der Waals surface area contributed by atoms with Crippen molar-refractivity contribution in [1.29, 1.82) is 0 Å². The first-order chi connectivity index (χ1) is 10.0. The number of hydrogen-bond acceptors (Lipinski definition) is 3. The molecule has 1 saturated heterocycles. The van der Waals surface area contributed by atoms with Gasteiger partial charge in [0.05, 0.1) is 11.5 Å². The highest BCUT2D eigenvalue weighted by Crippen LogP contribution is 2.31. The molecule has 1 aromatic rings. The lowest BCUT2D eigenvalue weighted by Crippen LogP contribution is -2.32. The zero-order chi connectivity index (χ0) is 14.9. The van der Waals surface area contributed by atoms with E-state index in [1.165, 1.54) is 18.4 Å². The van der Waals surface area contributed by atoms with Gasteiger partial charge in [-0.25, -0.2) is 8.42 Å². The van der Waals surface area contributed by atoms with Gasteiger partial charge in [-0.15, -0.1) is 0 Å². The number of halogens is 1. The third-order valence-corrected chi connectivity index (χ3v) is 7.19. The molecule has 3 rings (SSSR count). The predicted molar refractivity (Wildman–Crippen MR) is 89.1 cm³/mol. The van der Waals surface area contributed by atoms with Gasteiger partial charge >= 0.3 is 0 Å². The molecule has 116 valence electrons. The number of nitrogens with one attached hydrogen (secondary N) is 1. The first kappa shape index (κ1) is 15.5. The van der Waals surface area contributed by atoms with Gasteiger partial charge in [-0.05, 0) is 55.7 Å². The van der Waals surface area contributed by atoms with Gasteiger partial charge in [-0.3, -0.25) is 0 Å². The highest BCUT2D eigenvalue weighted by Gasteiger charge is 2.34. The van der Waals surface area contributed by atoms with Crippen LogP contribution in [0.2, 0.25) is 0 Å². The molecule has 2 aliphatic rings. The van der Waals surface area contributed by atoms with Crippen LogP contribution in [0.5, 0.6) is 0 Å². The van der Waals surface area contributed by atoms with Gasteiger partial charge in [0.1, 0.15) is 0 Å². The summed E-state index contributed by atoms with van der Waals surface area (Å²) in [5, 5.41) is 3.59. The van der Waals surface area contributed by atoms with Crippen molar-refractivity contribution in [2.45, 2.75) is 31.7 Å². The Bertz CT molecular complexity index is 598. The van der Waals surface area contributed by atoms with Crippen molar-refractivity contribution >= 4 is 25.8 Å². The minimum atomic E-state index is -2.81. The summed E-state index contributed by atoms with van der Waals surface area (Å²) in [6.45, 7) is 0.937. The van der Waals surface area contributed by atoms with E-state index in [0.29, 0.717) is 29.4 Å². The van der Waals surface area contributed by atoms with E-state index in [0.717, 1.165) is 23.9 Å². The van der Waals surface area contributed by atoms with Crippen molar-refractivity contribution < 1.29 is 8.42 Å². The van der Waals surface area contributed by atoms with Crippen molar-refractivity contribution in [2.24, 2.45) is 11.8 Å². The van der Waals surface area contributed by atoms with E-state index in [-0.39, 0.29) is 0 Å². The van der Waals surface area contributed by atoms with Crippen LogP contribution in [0, 0.1) is 11.8 Å². The summed E-state index contributed by atoms with van der Waals surface area (Å²) in [4.78, 5) is 0. The molecule has 0 bridgehead atoms. The number of sulfone groups is 1. The Morgan fingerprint density at radius 2 is 2.00 bits per heavy atom. The van der Waals surface area contributed by atoms with Crippen LogP contribution in [-0.2, 0) is 16.3 Å². The lowest BCUT2D eigenvalue weighted by Gasteiger charge is -2.24. The second-order valence-corrected chi connectivity index (χ2v) is 9.48. The Labute approximate surface area is 135 Å². The zero-order valence-corrected chi connectivity index (χ0v) is 14.5.